The summed E-state index contributed by atoms with van der Waals surface area (Å²) >= 11 is 1.47. The molecule has 0 bridgehead atoms. The number of nitrogens with one attached hydrogen (secondary N) is 1. The summed E-state index contributed by atoms with van der Waals surface area (Å²) in [6, 6.07) is 16.0. The van der Waals surface area contributed by atoms with E-state index in [0.717, 1.165) is 10.6 Å². The van der Waals surface area contributed by atoms with Crippen LogP contribution < -0.4 is 10.2 Å². The number of fused-ring (bicyclic) bond motifs is 1. The number of carbonyl (C=O) groups is 3. The van der Waals surface area contributed by atoms with Gasteiger partial charge in [0.25, 0.3) is 5.91 Å². The van der Waals surface area contributed by atoms with Crippen molar-refractivity contribution < 1.29 is 19.1 Å². The van der Waals surface area contributed by atoms with Gasteiger partial charge in [0.1, 0.15) is 6.07 Å². The first kappa shape index (κ1) is 19.5. The van der Waals surface area contributed by atoms with Gasteiger partial charge in [-0.3, -0.25) is 14.4 Å². The van der Waals surface area contributed by atoms with Crippen LogP contribution in [0.3, 0.4) is 0 Å². The number of carbonyl (C=O) groups excluding carboxylic acids is 3. The average molecular weight is 395 g/mol. The van der Waals surface area contributed by atoms with Gasteiger partial charge in [0.2, 0.25) is 5.91 Å². The SMILES string of the molecule is N#Cc1ccccc1NC(=O)COC(=O)CCN1C(=O)CSc2ccccc21. The molecule has 2 amide bonds. The van der Waals surface area contributed by atoms with E-state index in [-0.39, 0.29) is 18.9 Å². The highest BCUT2D eigenvalue weighted by atomic mass is 32.2. The van der Waals surface area contributed by atoms with Crippen molar-refractivity contribution in [2.45, 2.75) is 11.3 Å². The molecule has 0 aromatic heterocycles. The molecule has 1 heterocycles. The maximum atomic E-state index is 12.2. The second-order valence-corrected chi connectivity index (χ2v) is 6.94. The third kappa shape index (κ3) is 4.69. The van der Waals surface area contributed by atoms with Crippen LogP contribution in [-0.4, -0.2) is 36.7 Å². The second-order valence-electron chi connectivity index (χ2n) is 5.92. The molecule has 1 N–H and O–H groups in total. The van der Waals surface area contributed by atoms with E-state index in [9.17, 15) is 14.4 Å². The van der Waals surface area contributed by atoms with Crippen molar-refractivity contribution in [3.8, 4) is 6.07 Å². The summed E-state index contributed by atoms with van der Waals surface area (Å²) in [6.45, 7) is -0.271. The van der Waals surface area contributed by atoms with E-state index in [2.05, 4.69) is 5.32 Å². The minimum absolute atomic E-state index is 0.0210. The van der Waals surface area contributed by atoms with Crippen LogP contribution >= 0.6 is 11.8 Å². The Morgan fingerprint density at radius 1 is 1.18 bits per heavy atom. The normalized spacial score (nSPS) is 12.7. The summed E-state index contributed by atoms with van der Waals surface area (Å²) in [5.74, 6) is -0.853. The van der Waals surface area contributed by atoms with Crippen molar-refractivity contribution in [3.63, 3.8) is 0 Å². The van der Waals surface area contributed by atoms with E-state index in [1.54, 1.807) is 29.2 Å². The van der Waals surface area contributed by atoms with Gasteiger partial charge in [-0.25, -0.2) is 0 Å². The van der Waals surface area contributed by atoms with E-state index < -0.39 is 18.5 Å². The number of thioether (sulfide) groups is 1. The number of rotatable bonds is 6. The van der Waals surface area contributed by atoms with Gasteiger partial charge in [0.15, 0.2) is 6.61 Å². The molecule has 7 nitrogen and oxygen atoms in total. The van der Waals surface area contributed by atoms with Crippen LogP contribution in [0.2, 0.25) is 0 Å². The molecule has 28 heavy (non-hydrogen) atoms. The largest absolute Gasteiger partial charge is 0.456 e. The lowest BCUT2D eigenvalue weighted by Gasteiger charge is -2.28. The van der Waals surface area contributed by atoms with Gasteiger partial charge in [0, 0.05) is 11.4 Å². The zero-order valence-corrected chi connectivity index (χ0v) is 15.7. The Morgan fingerprint density at radius 3 is 2.75 bits per heavy atom. The number of esters is 1. The van der Waals surface area contributed by atoms with Crippen LogP contribution in [0.4, 0.5) is 11.4 Å². The van der Waals surface area contributed by atoms with Crippen molar-refractivity contribution in [1.82, 2.24) is 0 Å². The number of para-hydroxylation sites is 2. The number of anilines is 2. The molecule has 1 aliphatic heterocycles. The zero-order chi connectivity index (χ0) is 19.9. The molecule has 2 aromatic carbocycles. The van der Waals surface area contributed by atoms with E-state index in [4.69, 9.17) is 10.00 Å². The topological polar surface area (TPSA) is 99.5 Å². The molecule has 0 radical (unpaired) electrons. The van der Waals surface area contributed by atoms with Crippen molar-refractivity contribution in [2.24, 2.45) is 0 Å². The number of nitrogens with zero attached hydrogens (tertiary/aromatic N) is 2. The van der Waals surface area contributed by atoms with Gasteiger partial charge in [-0.2, -0.15) is 5.26 Å². The molecule has 0 aliphatic carbocycles. The van der Waals surface area contributed by atoms with E-state index in [1.165, 1.54) is 11.8 Å². The average Bonchev–Trinajstić information content (AvgIpc) is 2.72. The van der Waals surface area contributed by atoms with Crippen molar-refractivity contribution >= 4 is 40.9 Å². The van der Waals surface area contributed by atoms with Crippen LogP contribution in [0.15, 0.2) is 53.4 Å². The first-order valence-corrected chi connectivity index (χ1v) is 9.54. The van der Waals surface area contributed by atoms with Gasteiger partial charge >= 0.3 is 5.97 Å². The van der Waals surface area contributed by atoms with Gasteiger partial charge in [-0.15, -0.1) is 11.8 Å². The number of benzene rings is 2. The first-order chi connectivity index (χ1) is 13.6. The number of ether oxygens (including phenoxy) is 1. The van der Waals surface area contributed by atoms with Crippen LogP contribution in [0.1, 0.15) is 12.0 Å². The summed E-state index contributed by atoms with van der Waals surface area (Å²) in [7, 11) is 0. The maximum absolute atomic E-state index is 12.2. The number of nitriles is 1. The predicted molar refractivity (Wildman–Crippen MR) is 105 cm³/mol. The Morgan fingerprint density at radius 2 is 1.93 bits per heavy atom. The van der Waals surface area contributed by atoms with Gasteiger partial charge in [-0.05, 0) is 24.3 Å². The van der Waals surface area contributed by atoms with Crippen LogP contribution in [0.5, 0.6) is 0 Å². The highest BCUT2D eigenvalue weighted by Gasteiger charge is 2.25. The Hall–Kier alpha value is -3.31. The van der Waals surface area contributed by atoms with Crippen molar-refractivity contribution in [2.75, 3.05) is 29.1 Å². The van der Waals surface area contributed by atoms with Gasteiger partial charge in [0.05, 0.1) is 29.1 Å². The summed E-state index contributed by atoms with van der Waals surface area (Å²) in [6.07, 6.45) is -0.0210. The van der Waals surface area contributed by atoms with Crippen LogP contribution in [0.25, 0.3) is 0 Å². The summed E-state index contributed by atoms with van der Waals surface area (Å²) < 4.78 is 4.99. The molecule has 0 spiro atoms. The molecular formula is C20H17N3O4S. The molecular weight excluding hydrogens is 378 g/mol. The lowest BCUT2D eigenvalue weighted by molar-refractivity contribution is -0.147. The third-order valence-corrected chi connectivity index (χ3v) is 5.08. The highest BCUT2D eigenvalue weighted by molar-refractivity contribution is 8.00. The molecule has 0 saturated heterocycles. The highest BCUT2D eigenvalue weighted by Crippen LogP contribution is 2.34. The fraction of sp³-hybridized carbons (Fsp3) is 0.200. The quantitative estimate of drug-likeness (QED) is 0.755. The van der Waals surface area contributed by atoms with Gasteiger partial charge < -0.3 is 15.0 Å². The molecule has 1 aliphatic rings. The third-order valence-electron chi connectivity index (χ3n) is 4.03. The minimum Gasteiger partial charge on any atom is -0.456 e. The zero-order valence-electron chi connectivity index (χ0n) is 14.9. The Bertz CT molecular complexity index is 954. The Labute approximate surface area is 166 Å². The summed E-state index contributed by atoms with van der Waals surface area (Å²) in [4.78, 5) is 38.6. The fourth-order valence-electron chi connectivity index (χ4n) is 2.70. The van der Waals surface area contributed by atoms with E-state index in [0.29, 0.717) is 17.0 Å². The first-order valence-electron chi connectivity index (χ1n) is 8.55. The van der Waals surface area contributed by atoms with Crippen LogP contribution in [-0.2, 0) is 19.1 Å². The van der Waals surface area contributed by atoms with E-state index in [1.807, 2.05) is 30.3 Å². The molecule has 8 heteroatoms. The molecule has 3 rings (SSSR count). The fourth-order valence-corrected chi connectivity index (χ4v) is 3.63. The summed E-state index contributed by atoms with van der Waals surface area (Å²) in [5, 5.41) is 11.6. The van der Waals surface area contributed by atoms with E-state index >= 15 is 0 Å². The Balaban J connectivity index is 1.49. The monoisotopic (exact) mass is 395 g/mol. The lowest BCUT2D eigenvalue weighted by atomic mass is 10.2. The van der Waals surface area contributed by atoms with Crippen molar-refractivity contribution in [3.05, 3.63) is 54.1 Å². The molecule has 0 saturated carbocycles. The number of hydrogen-bond acceptors (Lipinski definition) is 6. The standard InChI is InChI=1S/C20H17N3O4S/c21-11-14-5-1-2-6-15(14)22-18(24)12-27-20(26)9-10-23-16-7-3-4-8-17(16)28-13-19(23)25/h1-8H,9-10,12-13H2,(H,22,24). The molecule has 0 unspecified atom stereocenters. The van der Waals surface area contributed by atoms with Crippen LogP contribution in [0, 0.1) is 11.3 Å². The molecule has 2 aromatic rings. The number of hydrogen-bond donors (Lipinski definition) is 1. The molecule has 0 atom stereocenters. The van der Waals surface area contributed by atoms with Gasteiger partial charge in [-0.1, -0.05) is 24.3 Å². The minimum atomic E-state index is -0.577. The smallest absolute Gasteiger partial charge is 0.308 e. The predicted octanol–water partition coefficient (Wildman–Crippen LogP) is 2.57. The number of amides is 2. The Kier molecular flexibility index (Phi) is 6.29. The molecule has 142 valence electrons. The maximum Gasteiger partial charge on any atom is 0.308 e. The van der Waals surface area contributed by atoms with Crippen molar-refractivity contribution in [1.29, 1.82) is 5.26 Å². The summed E-state index contributed by atoms with van der Waals surface area (Å²) in [5.41, 5.74) is 1.46. The second kappa shape index (κ2) is 9.06. The lowest BCUT2D eigenvalue weighted by Crippen LogP contribution is -2.37. The molecule has 0 fully saturated rings.